The minimum absolute atomic E-state index is 0.216. The van der Waals surface area contributed by atoms with Gasteiger partial charge in [-0.3, -0.25) is 0 Å². The Bertz CT molecular complexity index is 336. The first-order valence-electron chi connectivity index (χ1n) is 5.07. The van der Waals surface area contributed by atoms with E-state index in [9.17, 15) is 5.11 Å². The van der Waals surface area contributed by atoms with Crippen molar-refractivity contribution in [3.63, 3.8) is 0 Å². The van der Waals surface area contributed by atoms with Crippen molar-refractivity contribution >= 4 is 33.2 Å². The monoisotopic (exact) mass is 307 g/mol. The second kappa shape index (κ2) is 6.99. The highest BCUT2D eigenvalue weighted by Gasteiger charge is 2.06. The van der Waals surface area contributed by atoms with Crippen LogP contribution in [0, 0.1) is 0 Å². The Kier molecular flexibility index (Phi) is 5.95. The van der Waals surface area contributed by atoms with E-state index >= 15 is 0 Å². The third-order valence-corrected chi connectivity index (χ3v) is 2.80. The molecule has 0 saturated carbocycles. The molecule has 0 saturated heterocycles. The van der Waals surface area contributed by atoms with Crippen molar-refractivity contribution in [2.45, 2.75) is 13.0 Å². The Balaban J connectivity index is 2.70. The normalized spacial score (nSPS) is 12.2. The summed E-state index contributed by atoms with van der Waals surface area (Å²) in [6, 6.07) is 5.70. The largest absolute Gasteiger partial charge is 0.492 e. The molecular weight excluding hydrogens is 293 g/mol. The fourth-order valence-electron chi connectivity index (χ4n) is 1.20. The summed E-state index contributed by atoms with van der Waals surface area (Å²) < 4.78 is 6.43. The van der Waals surface area contributed by atoms with Crippen LogP contribution in [0.4, 0.5) is 5.69 Å². The minimum atomic E-state index is -0.556. The Morgan fingerprint density at radius 2 is 2.31 bits per heavy atom. The van der Waals surface area contributed by atoms with Gasteiger partial charge in [0.05, 0.1) is 24.3 Å². The van der Waals surface area contributed by atoms with Crippen LogP contribution in [0.1, 0.15) is 6.92 Å². The highest BCUT2D eigenvalue weighted by Crippen LogP contribution is 2.28. The zero-order chi connectivity index (χ0) is 12.0. The van der Waals surface area contributed by atoms with Gasteiger partial charge in [0.2, 0.25) is 0 Å². The maximum absolute atomic E-state index is 9.35. The number of anilines is 1. The van der Waals surface area contributed by atoms with Crippen LogP contribution in [-0.2, 0) is 0 Å². The first-order chi connectivity index (χ1) is 7.67. The lowest BCUT2D eigenvalue weighted by Gasteiger charge is -2.14. The molecule has 0 bridgehead atoms. The lowest BCUT2D eigenvalue weighted by atomic mass is 10.3. The molecule has 16 heavy (non-hydrogen) atoms. The van der Waals surface area contributed by atoms with E-state index in [1.807, 2.05) is 25.1 Å². The molecule has 0 radical (unpaired) electrons. The van der Waals surface area contributed by atoms with Crippen molar-refractivity contribution in [1.82, 2.24) is 0 Å². The Hall–Kier alpha value is -0.450. The van der Waals surface area contributed by atoms with Crippen molar-refractivity contribution in [3.05, 3.63) is 22.7 Å². The average molecular weight is 309 g/mol. The maximum atomic E-state index is 9.35. The van der Waals surface area contributed by atoms with Gasteiger partial charge >= 0.3 is 0 Å². The van der Waals surface area contributed by atoms with Crippen LogP contribution in [0.25, 0.3) is 0 Å². The van der Waals surface area contributed by atoms with Crippen LogP contribution < -0.4 is 10.1 Å². The first-order valence-corrected chi connectivity index (χ1v) is 6.40. The lowest BCUT2D eigenvalue weighted by Crippen LogP contribution is -2.21. The molecule has 1 atom stereocenters. The van der Waals surface area contributed by atoms with E-state index in [1.54, 1.807) is 0 Å². The van der Waals surface area contributed by atoms with Crippen LogP contribution in [0.5, 0.6) is 5.75 Å². The van der Waals surface area contributed by atoms with Gasteiger partial charge in [0, 0.05) is 11.0 Å². The van der Waals surface area contributed by atoms with Gasteiger partial charge in [0.25, 0.3) is 0 Å². The highest BCUT2D eigenvalue weighted by atomic mass is 79.9. The van der Waals surface area contributed by atoms with Gasteiger partial charge in [-0.1, -0.05) is 15.9 Å². The first kappa shape index (κ1) is 13.6. The molecule has 0 aliphatic heterocycles. The van der Waals surface area contributed by atoms with Gasteiger partial charge in [0.1, 0.15) is 5.75 Å². The molecule has 1 aromatic carbocycles. The quantitative estimate of drug-likeness (QED) is 0.794. The lowest BCUT2D eigenvalue weighted by molar-refractivity contribution is 0.211. The van der Waals surface area contributed by atoms with Crippen LogP contribution in [0.15, 0.2) is 22.7 Å². The molecule has 0 aromatic heterocycles. The Morgan fingerprint density at radius 3 is 2.94 bits per heavy atom. The molecule has 1 aromatic rings. The van der Waals surface area contributed by atoms with Crippen molar-refractivity contribution < 1.29 is 9.84 Å². The molecule has 5 heteroatoms. The van der Waals surface area contributed by atoms with Gasteiger partial charge in [-0.15, -0.1) is 11.6 Å². The van der Waals surface area contributed by atoms with Gasteiger partial charge in [-0.05, 0) is 25.1 Å². The number of ether oxygens (including phenoxy) is 1. The zero-order valence-electron chi connectivity index (χ0n) is 9.04. The molecule has 0 amide bonds. The Morgan fingerprint density at radius 1 is 1.56 bits per heavy atom. The molecule has 2 N–H and O–H groups in total. The van der Waals surface area contributed by atoms with Crippen LogP contribution >= 0.6 is 27.5 Å². The molecule has 0 heterocycles. The predicted octanol–water partition coefficient (Wildman–Crippen LogP) is 2.86. The summed E-state index contributed by atoms with van der Waals surface area (Å²) in [6.07, 6.45) is -0.556. The van der Waals surface area contributed by atoms with Crippen LogP contribution in [0.2, 0.25) is 0 Å². The molecule has 90 valence electrons. The van der Waals surface area contributed by atoms with E-state index < -0.39 is 6.10 Å². The number of halogens is 2. The second-order valence-corrected chi connectivity index (χ2v) is 4.49. The predicted molar refractivity (Wildman–Crippen MR) is 70.5 cm³/mol. The van der Waals surface area contributed by atoms with Gasteiger partial charge in [-0.2, -0.15) is 0 Å². The number of aliphatic hydroxyl groups excluding tert-OH is 1. The molecular formula is C11H15BrClNO2. The van der Waals surface area contributed by atoms with E-state index in [0.717, 1.165) is 15.9 Å². The van der Waals surface area contributed by atoms with Gasteiger partial charge < -0.3 is 15.2 Å². The summed E-state index contributed by atoms with van der Waals surface area (Å²) in [7, 11) is 0. The minimum Gasteiger partial charge on any atom is -0.492 e. The summed E-state index contributed by atoms with van der Waals surface area (Å²) in [5.74, 6) is 0.978. The van der Waals surface area contributed by atoms with Gasteiger partial charge in [-0.25, -0.2) is 0 Å². The van der Waals surface area contributed by atoms with Crippen LogP contribution in [-0.4, -0.2) is 30.2 Å². The summed E-state index contributed by atoms with van der Waals surface area (Å²) in [6.45, 7) is 2.94. The number of nitrogens with one attached hydrogen (secondary N) is 1. The van der Waals surface area contributed by atoms with Crippen molar-refractivity contribution in [3.8, 4) is 5.75 Å². The third kappa shape index (κ3) is 4.20. The molecule has 1 unspecified atom stereocenters. The zero-order valence-corrected chi connectivity index (χ0v) is 11.4. The summed E-state index contributed by atoms with van der Waals surface area (Å²) in [4.78, 5) is 0. The molecule has 0 fully saturated rings. The van der Waals surface area contributed by atoms with E-state index in [4.69, 9.17) is 16.3 Å². The number of hydrogen-bond donors (Lipinski definition) is 2. The molecule has 0 aliphatic carbocycles. The number of hydrogen-bond acceptors (Lipinski definition) is 3. The fraction of sp³-hybridized carbons (Fsp3) is 0.455. The number of benzene rings is 1. The highest BCUT2D eigenvalue weighted by molar-refractivity contribution is 9.10. The fourth-order valence-corrected chi connectivity index (χ4v) is 1.65. The SMILES string of the molecule is CCOc1cc(Br)ccc1NCC(O)CCl. The van der Waals surface area contributed by atoms with E-state index in [1.165, 1.54) is 0 Å². The summed E-state index contributed by atoms with van der Waals surface area (Å²) in [5.41, 5.74) is 0.856. The third-order valence-electron chi connectivity index (χ3n) is 1.95. The van der Waals surface area contributed by atoms with Gasteiger partial charge in [0.15, 0.2) is 0 Å². The maximum Gasteiger partial charge on any atom is 0.143 e. The molecule has 3 nitrogen and oxygen atoms in total. The smallest absolute Gasteiger partial charge is 0.143 e. The summed E-state index contributed by atoms with van der Waals surface area (Å²) >= 11 is 8.90. The second-order valence-electron chi connectivity index (χ2n) is 3.26. The van der Waals surface area contributed by atoms with Crippen molar-refractivity contribution in [2.75, 3.05) is 24.3 Å². The van der Waals surface area contributed by atoms with Crippen molar-refractivity contribution in [1.29, 1.82) is 0 Å². The molecule has 0 spiro atoms. The summed E-state index contributed by atoms with van der Waals surface area (Å²) in [5, 5.41) is 12.4. The topological polar surface area (TPSA) is 41.5 Å². The average Bonchev–Trinajstić information content (AvgIpc) is 2.28. The van der Waals surface area contributed by atoms with Crippen molar-refractivity contribution in [2.24, 2.45) is 0 Å². The number of rotatable bonds is 6. The number of aliphatic hydroxyl groups is 1. The molecule has 1 rings (SSSR count). The number of alkyl halides is 1. The Labute approximate surface area is 109 Å². The standard InChI is InChI=1S/C11H15BrClNO2/c1-2-16-11-5-8(12)3-4-10(11)14-7-9(15)6-13/h3-5,9,14-15H,2,6-7H2,1H3. The molecule has 0 aliphatic rings. The van der Waals surface area contributed by atoms with E-state index in [0.29, 0.717) is 13.2 Å². The van der Waals surface area contributed by atoms with E-state index in [2.05, 4.69) is 21.2 Å². The van der Waals surface area contributed by atoms with E-state index in [-0.39, 0.29) is 5.88 Å². The van der Waals surface area contributed by atoms with Crippen LogP contribution in [0.3, 0.4) is 0 Å².